The van der Waals surface area contributed by atoms with Gasteiger partial charge >= 0.3 is 0 Å². The lowest BCUT2D eigenvalue weighted by Gasteiger charge is -2.16. The standard InChI is InChI=1S/C23H22Cl2FNO2/c1-2-28-22-11-18(14-27-13-16-7-3-5-9-19(16)24)20(25)12-23(22)29-15-17-8-4-6-10-21(17)26/h3-12,27H,2,13-15H2,1H3. The van der Waals surface area contributed by atoms with Crippen LogP contribution in [0.1, 0.15) is 23.6 Å². The monoisotopic (exact) mass is 433 g/mol. The number of hydrogen-bond acceptors (Lipinski definition) is 3. The summed E-state index contributed by atoms with van der Waals surface area (Å²) in [5.41, 5.74) is 2.36. The molecular formula is C23H22Cl2FNO2. The van der Waals surface area contributed by atoms with Gasteiger partial charge in [0, 0.05) is 34.8 Å². The average Bonchev–Trinajstić information content (AvgIpc) is 2.71. The lowest BCUT2D eigenvalue weighted by molar-refractivity contribution is 0.265. The molecule has 6 heteroatoms. The first-order valence-electron chi connectivity index (χ1n) is 9.34. The fraction of sp³-hybridized carbons (Fsp3) is 0.217. The Bertz CT molecular complexity index is 965. The van der Waals surface area contributed by atoms with Crippen LogP contribution in [0.4, 0.5) is 4.39 Å². The third-order valence-electron chi connectivity index (χ3n) is 4.34. The molecular weight excluding hydrogens is 412 g/mol. The molecule has 0 aromatic heterocycles. The Morgan fingerprint density at radius 3 is 2.17 bits per heavy atom. The molecule has 0 aliphatic carbocycles. The Kier molecular flexibility index (Phi) is 7.76. The maximum atomic E-state index is 13.8. The first-order valence-corrected chi connectivity index (χ1v) is 10.1. The molecule has 0 unspecified atom stereocenters. The predicted octanol–water partition coefficient (Wildman–Crippen LogP) is 6.40. The lowest BCUT2D eigenvalue weighted by Crippen LogP contribution is -2.13. The molecule has 0 aliphatic rings. The number of halogens is 3. The summed E-state index contributed by atoms with van der Waals surface area (Å²) in [7, 11) is 0. The van der Waals surface area contributed by atoms with E-state index in [1.54, 1.807) is 24.3 Å². The van der Waals surface area contributed by atoms with Gasteiger partial charge in [-0.25, -0.2) is 4.39 Å². The van der Waals surface area contributed by atoms with Crippen molar-refractivity contribution < 1.29 is 13.9 Å². The van der Waals surface area contributed by atoms with E-state index >= 15 is 0 Å². The van der Waals surface area contributed by atoms with Crippen LogP contribution in [-0.4, -0.2) is 6.61 Å². The fourth-order valence-electron chi connectivity index (χ4n) is 2.84. The highest BCUT2D eigenvalue weighted by atomic mass is 35.5. The van der Waals surface area contributed by atoms with Crippen molar-refractivity contribution >= 4 is 23.2 Å². The summed E-state index contributed by atoms with van der Waals surface area (Å²) in [5.74, 6) is 0.745. The minimum Gasteiger partial charge on any atom is -0.490 e. The van der Waals surface area contributed by atoms with Crippen molar-refractivity contribution in [1.82, 2.24) is 5.32 Å². The third-order valence-corrected chi connectivity index (χ3v) is 5.06. The molecule has 29 heavy (non-hydrogen) atoms. The van der Waals surface area contributed by atoms with Crippen LogP contribution in [0.25, 0.3) is 0 Å². The summed E-state index contributed by atoms with van der Waals surface area (Å²) in [6.45, 7) is 3.62. The van der Waals surface area contributed by atoms with Crippen molar-refractivity contribution in [2.24, 2.45) is 0 Å². The van der Waals surface area contributed by atoms with E-state index in [9.17, 15) is 4.39 Å². The normalized spacial score (nSPS) is 10.8. The molecule has 3 rings (SSSR count). The van der Waals surface area contributed by atoms with Crippen LogP contribution in [0.3, 0.4) is 0 Å². The molecule has 0 atom stereocenters. The van der Waals surface area contributed by atoms with Crippen LogP contribution in [0.2, 0.25) is 10.0 Å². The van der Waals surface area contributed by atoms with E-state index in [2.05, 4.69) is 5.32 Å². The molecule has 3 aromatic rings. The van der Waals surface area contributed by atoms with Gasteiger partial charge in [-0.05, 0) is 36.2 Å². The van der Waals surface area contributed by atoms with Gasteiger partial charge in [-0.1, -0.05) is 59.6 Å². The zero-order chi connectivity index (χ0) is 20.6. The molecule has 0 radical (unpaired) electrons. The third kappa shape index (κ3) is 5.86. The van der Waals surface area contributed by atoms with Gasteiger partial charge < -0.3 is 14.8 Å². The van der Waals surface area contributed by atoms with Crippen LogP contribution in [0.15, 0.2) is 60.7 Å². The minimum absolute atomic E-state index is 0.0905. The molecule has 0 saturated heterocycles. The molecule has 1 N–H and O–H groups in total. The van der Waals surface area contributed by atoms with Crippen molar-refractivity contribution in [1.29, 1.82) is 0 Å². The Balaban J connectivity index is 1.70. The second-order valence-corrected chi connectivity index (χ2v) is 7.21. The van der Waals surface area contributed by atoms with Crippen molar-refractivity contribution in [3.8, 4) is 11.5 Å². The Morgan fingerprint density at radius 1 is 0.793 bits per heavy atom. The number of rotatable bonds is 9. The van der Waals surface area contributed by atoms with E-state index in [1.165, 1.54) is 6.07 Å². The van der Waals surface area contributed by atoms with Gasteiger partial charge in [0.1, 0.15) is 12.4 Å². The highest BCUT2D eigenvalue weighted by Crippen LogP contribution is 2.34. The second kappa shape index (κ2) is 10.5. The first-order chi connectivity index (χ1) is 14.1. The predicted molar refractivity (Wildman–Crippen MR) is 115 cm³/mol. The van der Waals surface area contributed by atoms with Gasteiger partial charge in [0.2, 0.25) is 0 Å². The van der Waals surface area contributed by atoms with E-state index in [1.807, 2.05) is 37.3 Å². The van der Waals surface area contributed by atoms with Gasteiger partial charge in [0.25, 0.3) is 0 Å². The highest BCUT2D eigenvalue weighted by molar-refractivity contribution is 6.31. The SMILES string of the molecule is CCOc1cc(CNCc2ccccc2Cl)c(Cl)cc1OCc1ccccc1F. The zero-order valence-corrected chi connectivity index (χ0v) is 17.6. The summed E-state index contributed by atoms with van der Waals surface area (Å²) in [5, 5.41) is 4.60. The quantitative estimate of drug-likeness (QED) is 0.423. The second-order valence-electron chi connectivity index (χ2n) is 6.40. The fourth-order valence-corrected chi connectivity index (χ4v) is 3.26. The molecule has 0 spiro atoms. The van der Waals surface area contributed by atoms with Gasteiger partial charge in [0.15, 0.2) is 11.5 Å². The smallest absolute Gasteiger partial charge is 0.163 e. The average molecular weight is 434 g/mol. The van der Waals surface area contributed by atoms with Crippen LogP contribution in [-0.2, 0) is 19.7 Å². The lowest BCUT2D eigenvalue weighted by atomic mass is 10.1. The van der Waals surface area contributed by atoms with Crippen LogP contribution < -0.4 is 14.8 Å². The molecule has 0 amide bonds. The Morgan fingerprint density at radius 2 is 1.45 bits per heavy atom. The maximum absolute atomic E-state index is 13.8. The molecule has 0 aliphatic heterocycles. The summed E-state index contributed by atoms with van der Waals surface area (Å²) >= 11 is 12.6. The number of benzene rings is 3. The van der Waals surface area contributed by atoms with Gasteiger partial charge in [-0.15, -0.1) is 0 Å². The molecule has 0 fully saturated rings. The highest BCUT2D eigenvalue weighted by Gasteiger charge is 2.12. The first kappa shape index (κ1) is 21.4. The maximum Gasteiger partial charge on any atom is 0.163 e. The molecule has 3 aromatic carbocycles. The topological polar surface area (TPSA) is 30.5 Å². The number of hydrogen-bond donors (Lipinski definition) is 1. The van der Waals surface area contributed by atoms with E-state index in [-0.39, 0.29) is 12.4 Å². The van der Waals surface area contributed by atoms with Crippen LogP contribution in [0.5, 0.6) is 11.5 Å². The van der Waals surface area contributed by atoms with Crippen molar-refractivity contribution in [3.63, 3.8) is 0 Å². The number of ether oxygens (including phenoxy) is 2. The summed E-state index contributed by atoms with van der Waals surface area (Å²) in [6, 6.07) is 17.7. The summed E-state index contributed by atoms with van der Waals surface area (Å²) in [6.07, 6.45) is 0. The van der Waals surface area contributed by atoms with Gasteiger partial charge in [0.05, 0.1) is 6.61 Å². The van der Waals surface area contributed by atoms with Gasteiger partial charge in [-0.3, -0.25) is 0 Å². The van der Waals surface area contributed by atoms with E-state index in [4.69, 9.17) is 32.7 Å². The number of nitrogens with one attached hydrogen (secondary N) is 1. The molecule has 0 heterocycles. The Hall–Kier alpha value is -2.27. The summed E-state index contributed by atoms with van der Waals surface area (Å²) in [4.78, 5) is 0. The van der Waals surface area contributed by atoms with E-state index in [0.29, 0.717) is 41.8 Å². The van der Waals surface area contributed by atoms with Crippen LogP contribution >= 0.6 is 23.2 Å². The van der Waals surface area contributed by atoms with Crippen molar-refractivity contribution in [2.45, 2.75) is 26.6 Å². The van der Waals surface area contributed by atoms with E-state index < -0.39 is 0 Å². The molecule has 0 saturated carbocycles. The summed E-state index contributed by atoms with van der Waals surface area (Å²) < 4.78 is 25.3. The Labute approximate surface area is 180 Å². The van der Waals surface area contributed by atoms with Gasteiger partial charge in [-0.2, -0.15) is 0 Å². The minimum atomic E-state index is -0.308. The molecule has 3 nitrogen and oxygen atoms in total. The van der Waals surface area contributed by atoms with E-state index in [0.717, 1.165) is 16.1 Å². The molecule has 152 valence electrons. The van der Waals surface area contributed by atoms with Crippen LogP contribution in [0, 0.1) is 5.82 Å². The largest absolute Gasteiger partial charge is 0.490 e. The van der Waals surface area contributed by atoms with Crippen molar-refractivity contribution in [2.75, 3.05) is 6.61 Å². The van der Waals surface area contributed by atoms with Crippen molar-refractivity contribution in [3.05, 3.63) is 93.2 Å². The zero-order valence-electron chi connectivity index (χ0n) is 16.1. The molecule has 0 bridgehead atoms.